The van der Waals surface area contributed by atoms with Gasteiger partial charge in [0.2, 0.25) is 0 Å². The first kappa shape index (κ1) is 20.5. The van der Waals surface area contributed by atoms with Gasteiger partial charge < -0.3 is 5.32 Å². The van der Waals surface area contributed by atoms with Crippen LogP contribution >= 0.6 is 0 Å². The van der Waals surface area contributed by atoms with Crippen LogP contribution in [-0.2, 0) is 0 Å². The molecule has 23 heavy (non-hydrogen) atoms. The summed E-state index contributed by atoms with van der Waals surface area (Å²) >= 11 is 0. The molecule has 1 nitrogen and oxygen atoms in total. The van der Waals surface area contributed by atoms with Gasteiger partial charge in [-0.2, -0.15) is 0 Å². The molecule has 0 aromatic carbocycles. The highest BCUT2D eigenvalue weighted by Gasteiger charge is 2.59. The van der Waals surface area contributed by atoms with Crippen molar-refractivity contribution in [3.05, 3.63) is 24.8 Å². The molecule has 3 atom stereocenters. The largest absolute Gasteiger partial charge is 0.302 e. The van der Waals surface area contributed by atoms with E-state index in [1.54, 1.807) is 0 Å². The lowest BCUT2D eigenvalue weighted by Gasteiger charge is -2.22. The van der Waals surface area contributed by atoms with Gasteiger partial charge in [-0.1, -0.05) is 65.2 Å². The second-order valence-corrected chi connectivity index (χ2v) is 8.84. The van der Waals surface area contributed by atoms with Gasteiger partial charge in [-0.15, -0.1) is 6.58 Å². The van der Waals surface area contributed by atoms with E-state index in [2.05, 4.69) is 71.7 Å². The molecular formula is C22H41N. The van der Waals surface area contributed by atoms with Gasteiger partial charge in [0, 0.05) is 11.1 Å². The van der Waals surface area contributed by atoms with Crippen molar-refractivity contribution < 1.29 is 0 Å². The van der Waals surface area contributed by atoms with E-state index in [1.165, 1.54) is 38.5 Å². The van der Waals surface area contributed by atoms with Crippen LogP contribution in [0.3, 0.4) is 0 Å². The molecule has 134 valence electrons. The molecule has 0 amide bonds. The van der Waals surface area contributed by atoms with Crippen molar-refractivity contribution in [1.82, 2.24) is 5.32 Å². The van der Waals surface area contributed by atoms with Gasteiger partial charge in [0.05, 0.1) is 0 Å². The van der Waals surface area contributed by atoms with Gasteiger partial charge in [-0.3, -0.25) is 0 Å². The van der Waals surface area contributed by atoms with Gasteiger partial charge in [0.1, 0.15) is 0 Å². The number of rotatable bonds is 12. The van der Waals surface area contributed by atoms with E-state index >= 15 is 0 Å². The molecular weight excluding hydrogens is 278 g/mol. The predicted molar refractivity (Wildman–Crippen MR) is 105 cm³/mol. The van der Waals surface area contributed by atoms with E-state index < -0.39 is 0 Å². The third-order valence-corrected chi connectivity index (χ3v) is 5.86. The van der Waals surface area contributed by atoms with Crippen LogP contribution in [-0.4, -0.2) is 11.1 Å². The van der Waals surface area contributed by atoms with Gasteiger partial charge in [-0.05, 0) is 57.3 Å². The van der Waals surface area contributed by atoms with Crippen LogP contribution in [0.2, 0.25) is 0 Å². The summed E-state index contributed by atoms with van der Waals surface area (Å²) in [5.41, 5.74) is 0.551. The molecule has 0 saturated carbocycles. The van der Waals surface area contributed by atoms with Gasteiger partial charge in [-0.25, -0.2) is 0 Å². The topological polar surface area (TPSA) is 21.9 Å². The van der Waals surface area contributed by atoms with Crippen molar-refractivity contribution in [2.24, 2.45) is 17.8 Å². The first-order valence-electron chi connectivity index (χ1n) is 9.81. The first-order chi connectivity index (χ1) is 10.7. The summed E-state index contributed by atoms with van der Waals surface area (Å²) in [6.45, 7) is 18.0. The Morgan fingerprint density at radius 1 is 0.957 bits per heavy atom. The predicted octanol–water partition coefficient (Wildman–Crippen LogP) is 6.51. The van der Waals surface area contributed by atoms with Crippen molar-refractivity contribution in [2.45, 2.75) is 97.6 Å². The minimum atomic E-state index is 0.275. The Kier molecular flexibility index (Phi) is 8.07. The Balaban J connectivity index is 2.24. The molecule has 1 aliphatic rings. The van der Waals surface area contributed by atoms with Gasteiger partial charge in [0.25, 0.3) is 0 Å². The Labute approximate surface area is 146 Å². The van der Waals surface area contributed by atoms with E-state index in [1.807, 2.05) is 0 Å². The number of hydrogen-bond donors (Lipinski definition) is 1. The van der Waals surface area contributed by atoms with Crippen LogP contribution < -0.4 is 5.32 Å². The summed E-state index contributed by atoms with van der Waals surface area (Å²) in [5, 5.41) is 3.77. The van der Waals surface area contributed by atoms with Crippen LogP contribution in [0.15, 0.2) is 24.8 Å². The Hall–Kier alpha value is -0.560. The van der Waals surface area contributed by atoms with Crippen molar-refractivity contribution in [3.8, 4) is 0 Å². The first-order valence-corrected chi connectivity index (χ1v) is 9.81. The molecule has 1 saturated heterocycles. The lowest BCUT2D eigenvalue weighted by molar-refractivity contribution is 0.374. The molecule has 3 unspecified atom stereocenters. The third-order valence-electron chi connectivity index (χ3n) is 5.86. The molecule has 0 aromatic heterocycles. The van der Waals surface area contributed by atoms with E-state index in [-0.39, 0.29) is 11.1 Å². The fourth-order valence-electron chi connectivity index (χ4n) is 3.62. The quantitative estimate of drug-likeness (QED) is 0.247. The maximum absolute atomic E-state index is 4.02. The summed E-state index contributed by atoms with van der Waals surface area (Å²) in [5.74, 6) is 2.14. The summed E-state index contributed by atoms with van der Waals surface area (Å²) in [4.78, 5) is 0. The number of hydrogen-bond acceptors (Lipinski definition) is 1. The van der Waals surface area contributed by atoms with Crippen molar-refractivity contribution in [1.29, 1.82) is 0 Å². The van der Waals surface area contributed by atoms with E-state index in [9.17, 15) is 0 Å². The number of allylic oxidation sites excluding steroid dienone is 2. The van der Waals surface area contributed by atoms with E-state index in [4.69, 9.17) is 0 Å². The Morgan fingerprint density at radius 2 is 1.65 bits per heavy atom. The summed E-state index contributed by atoms with van der Waals surface area (Å²) in [6.07, 6.45) is 16.0. The fourth-order valence-corrected chi connectivity index (χ4v) is 3.62. The van der Waals surface area contributed by atoms with Crippen LogP contribution in [0.5, 0.6) is 0 Å². The molecule has 1 rings (SSSR count). The van der Waals surface area contributed by atoms with Crippen molar-refractivity contribution >= 4 is 0 Å². The Bertz CT molecular complexity index is 381. The van der Waals surface area contributed by atoms with Crippen LogP contribution in [0, 0.1) is 17.8 Å². The molecule has 1 heterocycles. The molecule has 1 heteroatoms. The minimum absolute atomic E-state index is 0.275. The molecule has 0 radical (unpaired) electrons. The second kappa shape index (κ2) is 9.06. The third kappa shape index (κ3) is 6.45. The maximum atomic E-state index is 4.02. The Morgan fingerprint density at radius 3 is 2.22 bits per heavy atom. The summed E-state index contributed by atoms with van der Waals surface area (Å²) in [6, 6.07) is 0. The molecule has 1 N–H and O–H groups in total. The molecule has 1 aliphatic heterocycles. The van der Waals surface area contributed by atoms with Gasteiger partial charge >= 0.3 is 0 Å². The van der Waals surface area contributed by atoms with Crippen LogP contribution in [0.1, 0.15) is 86.5 Å². The van der Waals surface area contributed by atoms with E-state index in [0.29, 0.717) is 11.8 Å². The second-order valence-electron chi connectivity index (χ2n) is 8.84. The van der Waals surface area contributed by atoms with Crippen LogP contribution in [0.4, 0.5) is 0 Å². The SMILES string of the molecule is C=CC(CC1(C)NC1(C)C/C=C/CCCCCC(C)C)C(C)C. The monoisotopic (exact) mass is 319 g/mol. The molecule has 0 aliphatic carbocycles. The molecule has 0 aromatic rings. The average Bonchev–Trinajstić information content (AvgIpc) is 3.00. The minimum Gasteiger partial charge on any atom is -0.302 e. The van der Waals surface area contributed by atoms with E-state index in [0.717, 1.165) is 12.3 Å². The lowest BCUT2D eigenvalue weighted by Crippen LogP contribution is -2.24. The van der Waals surface area contributed by atoms with Crippen molar-refractivity contribution in [2.75, 3.05) is 0 Å². The highest BCUT2D eigenvalue weighted by Crippen LogP contribution is 2.46. The summed E-state index contributed by atoms with van der Waals surface area (Å²) in [7, 11) is 0. The fraction of sp³-hybridized carbons (Fsp3) is 0.818. The van der Waals surface area contributed by atoms with Gasteiger partial charge in [0.15, 0.2) is 0 Å². The van der Waals surface area contributed by atoms with Crippen LogP contribution in [0.25, 0.3) is 0 Å². The zero-order chi connectivity index (χ0) is 17.5. The molecule has 0 bridgehead atoms. The highest BCUT2D eigenvalue weighted by molar-refractivity contribution is 5.24. The number of unbranched alkanes of at least 4 members (excludes halogenated alkanes) is 3. The highest BCUT2D eigenvalue weighted by atomic mass is 15.3. The standard InChI is InChI=1S/C22H41N/c1-8-20(19(4)5)17-22(7)21(6,23-22)16-14-12-10-9-11-13-15-18(2)3/h8,12,14,18-20,23H,1,9-11,13,15-17H2,2-7H3/b14-12+. The average molecular weight is 320 g/mol. The lowest BCUT2D eigenvalue weighted by atomic mass is 9.81. The zero-order valence-corrected chi connectivity index (χ0v) is 16.6. The van der Waals surface area contributed by atoms with Crippen molar-refractivity contribution in [3.63, 3.8) is 0 Å². The summed E-state index contributed by atoms with van der Waals surface area (Å²) < 4.78 is 0. The smallest absolute Gasteiger partial charge is 0.0373 e. The number of nitrogens with one attached hydrogen (secondary N) is 1. The normalized spacial score (nSPS) is 28.7. The molecule has 0 spiro atoms. The zero-order valence-electron chi connectivity index (χ0n) is 16.6. The molecule has 1 fully saturated rings. The maximum Gasteiger partial charge on any atom is 0.0373 e.